The molecule has 0 unspecified atom stereocenters. The van der Waals surface area contributed by atoms with Crippen molar-refractivity contribution in [2.45, 2.75) is 39.7 Å². The summed E-state index contributed by atoms with van der Waals surface area (Å²) in [5, 5.41) is 3.45. The average molecular weight is 433 g/mol. The third kappa shape index (κ3) is 4.56. The van der Waals surface area contributed by atoms with Crippen molar-refractivity contribution in [3.63, 3.8) is 0 Å². The Hall–Kier alpha value is -3.32. The second-order valence-corrected chi connectivity index (χ2v) is 8.52. The maximum Gasteiger partial charge on any atom is 0.266 e. The molecule has 6 nitrogen and oxygen atoms in total. The fourth-order valence-electron chi connectivity index (χ4n) is 3.50. The number of unbranched alkanes of at least 4 members (excludes halogenated alkanes) is 1. The maximum atomic E-state index is 13.1. The third-order valence-electron chi connectivity index (χ3n) is 5.26. The fourth-order valence-corrected chi connectivity index (χ4v) is 4.53. The van der Waals surface area contributed by atoms with Crippen LogP contribution in [0.25, 0.3) is 10.2 Å². The number of anilines is 1. The van der Waals surface area contributed by atoms with Gasteiger partial charge in [0, 0.05) is 18.1 Å². The van der Waals surface area contributed by atoms with Gasteiger partial charge in [-0.15, -0.1) is 11.3 Å². The standard InChI is InChI=1S/C24H24N4O2S/c1-3-4-5-17-6-8-19(9-7-17)27-22(29)21-16(2)20-23(31-21)26-15-28(24(20)30)14-18-10-12-25-13-11-18/h6-13,15H,3-5,14H2,1-2H3,(H,27,29). The van der Waals surface area contributed by atoms with Gasteiger partial charge in [0.15, 0.2) is 0 Å². The zero-order chi connectivity index (χ0) is 21.8. The highest BCUT2D eigenvalue weighted by atomic mass is 32.1. The number of nitrogens with one attached hydrogen (secondary N) is 1. The van der Waals surface area contributed by atoms with Crippen molar-refractivity contribution in [3.8, 4) is 0 Å². The van der Waals surface area contributed by atoms with Gasteiger partial charge in [-0.1, -0.05) is 25.5 Å². The van der Waals surface area contributed by atoms with E-state index in [2.05, 4.69) is 22.2 Å². The molecular formula is C24H24N4O2S. The molecule has 0 aliphatic carbocycles. The Morgan fingerprint density at radius 1 is 1.10 bits per heavy atom. The van der Waals surface area contributed by atoms with Crippen molar-refractivity contribution in [1.82, 2.24) is 14.5 Å². The summed E-state index contributed by atoms with van der Waals surface area (Å²) in [5.74, 6) is -0.220. The summed E-state index contributed by atoms with van der Waals surface area (Å²) < 4.78 is 1.56. The largest absolute Gasteiger partial charge is 0.321 e. The van der Waals surface area contributed by atoms with Crippen LogP contribution in [0.4, 0.5) is 5.69 Å². The molecule has 0 radical (unpaired) electrons. The van der Waals surface area contributed by atoms with Crippen LogP contribution >= 0.6 is 11.3 Å². The SMILES string of the molecule is CCCCc1ccc(NC(=O)c2sc3ncn(Cc4ccncc4)c(=O)c3c2C)cc1. The molecule has 0 fully saturated rings. The molecule has 7 heteroatoms. The van der Waals surface area contributed by atoms with Crippen LogP contribution in [0.5, 0.6) is 0 Å². The predicted octanol–water partition coefficient (Wildman–Crippen LogP) is 4.80. The molecule has 0 atom stereocenters. The molecule has 4 rings (SSSR count). The van der Waals surface area contributed by atoms with Crippen molar-refractivity contribution in [2.75, 3.05) is 5.32 Å². The number of aromatic nitrogens is 3. The van der Waals surface area contributed by atoms with Crippen molar-refractivity contribution in [3.05, 3.63) is 87.0 Å². The van der Waals surface area contributed by atoms with Crippen molar-refractivity contribution >= 4 is 33.1 Å². The Kier molecular flexibility index (Phi) is 6.23. The van der Waals surface area contributed by atoms with E-state index < -0.39 is 0 Å². The second-order valence-electron chi connectivity index (χ2n) is 7.52. The van der Waals surface area contributed by atoms with E-state index in [1.165, 1.54) is 23.2 Å². The number of pyridine rings is 1. The molecule has 3 aromatic heterocycles. The van der Waals surface area contributed by atoms with Gasteiger partial charge in [0.25, 0.3) is 11.5 Å². The van der Waals surface area contributed by atoms with Gasteiger partial charge in [0.05, 0.1) is 23.1 Å². The van der Waals surface area contributed by atoms with Crippen LogP contribution < -0.4 is 10.9 Å². The first-order valence-corrected chi connectivity index (χ1v) is 11.2. The van der Waals surface area contributed by atoms with E-state index in [-0.39, 0.29) is 11.5 Å². The number of carbonyl (C=O) groups excluding carboxylic acids is 1. The molecule has 0 spiro atoms. The number of aryl methyl sites for hydroxylation is 2. The first kappa shape index (κ1) is 20.9. The lowest BCUT2D eigenvalue weighted by atomic mass is 10.1. The summed E-state index contributed by atoms with van der Waals surface area (Å²) in [6.45, 7) is 4.39. The summed E-state index contributed by atoms with van der Waals surface area (Å²) in [4.78, 5) is 35.5. The summed E-state index contributed by atoms with van der Waals surface area (Å²) >= 11 is 1.25. The van der Waals surface area contributed by atoms with Crippen LogP contribution in [0.15, 0.2) is 59.9 Å². The minimum Gasteiger partial charge on any atom is -0.321 e. The highest BCUT2D eigenvalue weighted by molar-refractivity contribution is 7.20. The number of nitrogens with zero attached hydrogens (tertiary/aromatic N) is 3. The lowest BCUT2D eigenvalue weighted by molar-refractivity contribution is 0.103. The fraction of sp³-hybridized carbons (Fsp3) is 0.250. The monoisotopic (exact) mass is 432 g/mol. The van der Waals surface area contributed by atoms with Gasteiger partial charge in [-0.25, -0.2) is 4.98 Å². The molecular weight excluding hydrogens is 408 g/mol. The average Bonchev–Trinajstić information content (AvgIpc) is 3.13. The summed E-state index contributed by atoms with van der Waals surface area (Å²) in [6, 6.07) is 11.7. The Morgan fingerprint density at radius 2 is 1.84 bits per heavy atom. The summed E-state index contributed by atoms with van der Waals surface area (Å²) in [7, 11) is 0. The number of amides is 1. The number of rotatable bonds is 7. The van der Waals surface area contributed by atoms with E-state index in [0.29, 0.717) is 27.2 Å². The number of hydrogen-bond acceptors (Lipinski definition) is 5. The Bertz CT molecular complexity index is 1260. The van der Waals surface area contributed by atoms with E-state index in [9.17, 15) is 9.59 Å². The molecule has 4 aromatic rings. The van der Waals surface area contributed by atoms with E-state index >= 15 is 0 Å². The molecule has 0 aliphatic heterocycles. The van der Waals surface area contributed by atoms with Crippen LogP contribution in [0.3, 0.4) is 0 Å². The lowest BCUT2D eigenvalue weighted by Crippen LogP contribution is -2.21. The van der Waals surface area contributed by atoms with Crippen LogP contribution in [-0.4, -0.2) is 20.4 Å². The predicted molar refractivity (Wildman–Crippen MR) is 125 cm³/mol. The molecule has 3 heterocycles. The Labute approximate surface area is 184 Å². The molecule has 0 bridgehead atoms. The zero-order valence-electron chi connectivity index (χ0n) is 17.6. The van der Waals surface area contributed by atoms with E-state index in [1.54, 1.807) is 23.9 Å². The van der Waals surface area contributed by atoms with Crippen molar-refractivity contribution < 1.29 is 4.79 Å². The number of carbonyl (C=O) groups is 1. The van der Waals surface area contributed by atoms with Crippen molar-refractivity contribution in [1.29, 1.82) is 0 Å². The first-order chi connectivity index (χ1) is 15.1. The number of benzene rings is 1. The van der Waals surface area contributed by atoms with Gasteiger partial charge in [-0.3, -0.25) is 19.1 Å². The maximum absolute atomic E-state index is 13.1. The van der Waals surface area contributed by atoms with Gasteiger partial charge in [-0.2, -0.15) is 0 Å². The van der Waals surface area contributed by atoms with Gasteiger partial charge >= 0.3 is 0 Å². The van der Waals surface area contributed by atoms with E-state index in [1.807, 2.05) is 36.4 Å². The molecule has 1 amide bonds. The highest BCUT2D eigenvalue weighted by Crippen LogP contribution is 2.27. The molecule has 0 saturated carbocycles. The molecule has 1 N–H and O–H groups in total. The summed E-state index contributed by atoms with van der Waals surface area (Å²) in [5.41, 5.74) is 3.49. The van der Waals surface area contributed by atoms with Crippen LogP contribution in [-0.2, 0) is 13.0 Å². The van der Waals surface area contributed by atoms with E-state index in [0.717, 1.165) is 30.5 Å². The molecule has 1 aromatic carbocycles. The summed E-state index contributed by atoms with van der Waals surface area (Å²) in [6.07, 6.45) is 8.28. The van der Waals surface area contributed by atoms with Gasteiger partial charge < -0.3 is 5.32 Å². The lowest BCUT2D eigenvalue weighted by Gasteiger charge is -2.06. The highest BCUT2D eigenvalue weighted by Gasteiger charge is 2.19. The van der Waals surface area contributed by atoms with Crippen LogP contribution in [0, 0.1) is 6.92 Å². The Morgan fingerprint density at radius 3 is 2.55 bits per heavy atom. The first-order valence-electron chi connectivity index (χ1n) is 10.3. The zero-order valence-corrected chi connectivity index (χ0v) is 18.4. The number of fused-ring (bicyclic) bond motifs is 1. The number of hydrogen-bond donors (Lipinski definition) is 1. The Balaban J connectivity index is 1.58. The quantitative estimate of drug-likeness (QED) is 0.455. The van der Waals surface area contributed by atoms with Crippen LogP contribution in [0.2, 0.25) is 0 Å². The molecule has 158 valence electrons. The van der Waals surface area contributed by atoms with Gasteiger partial charge in [-0.05, 0) is 60.7 Å². The van der Waals surface area contributed by atoms with Crippen LogP contribution in [0.1, 0.15) is 46.1 Å². The van der Waals surface area contributed by atoms with Crippen molar-refractivity contribution in [2.24, 2.45) is 0 Å². The van der Waals surface area contributed by atoms with Gasteiger partial charge in [0.1, 0.15) is 4.83 Å². The molecule has 0 saturated heterocycles. The second kappa shape index (κ2) is 9.22. The topological polar surface area (TPSA) is 76.9 Å². The smallest absolute Gasteiger partial charge is 0.266 e. The third-order valence-corrected chi connectivity index (χ3v) is 6.46. The minimum atomic E-state index is -0.220. The number of thiophene rings is 1. The van der Waals surface area contributed by atoms with Gasteiger partial charge in [0.2, 0.25) is 0 Å². The normalized spacial score (nSPS) is 11.0. The molecule has 0 aliphatic rings. The minimum absolute atomic E-state index is 0.144. The molecule has 31 heavy (non-hydrogen) atoms. The van der Waals surface area contributed by atoms with E-state index in [4.69, 9.17) is 0 Å².